The highest BCUT2D eigenvalue weighted by Crippen LogP contribution is 2.50. The summed E-state index contributed by atoms with van der Waals surface area (Å²) in [5.41, 5.74) is 16.1. The molecule has 4 atom stereocenters. The molecule has 4 unspecified atom stereocenters. The Bertz CT molecular complexity index is 838. The number of aliphatic imine (C=N–C) groups is 1. The van der Waals surface area contributed by atoms with Crippen LogP contribution in [0.2, 0.25) is 0 Å². The van der Waals surface area contributed by atoms with Gasteiger partial charge in [0.25, 0.3) is 0 Å². The van der Waals surface area contributed by atoms with Gasteiger partial charge < -0.3 is 17.2 Å². The Hall–Kier alpha value is -2.94. The summed E-state index contributed by atoms with van der Waals surface area (Å²) in [6.45, 7) is 2.65. The van der Waals surface area contributed by atoms with Gasteiger partial charge in [0.15, 0.2) is 5.96 Å². The Kier molecular flexibility index (Phi) is 6.40. The maximum Gasteiger partial charge on any atom is 0.238 e. The van der Waals surface area contributed by atoms with Crippen LogP contribution in [0.1, 0.15) is 44.2 Å². The highest BCUT2D eigenvalue weighted by molar-refractivity contribution is 6.10. The SMILES string of the molecule is CCCCN1C(=O)C2C(c3ccccc3)NC(CCCN=C(N)N)(C(N)=O)C2C1=O. The number of benzene rings is 1. The molecular weight excluding hydrogens is 384 g/mol. The van der Waals surface area contributed by atoms with E-state index in [2.05, 4.69) is 10.3 Å². The van der Waals surface area contributed by atoms with Gasteiger partial charge in [-0.2, -0.15) is 0 Å². The number of primary amides is 1. The minimum absolute atomic E-state index is 0.0413. The summed E-state index contributed by atoms with van der Waals surface area (Å²) in [5.74, 6) is -2.77. The largest absolute Gasteiger partial charge is 0.370 e. The predicted octanol–water partition coefficient (Wildman–Crippen LogP) is 0.00990. The Morgan fingerprint density at radius 3 is 2.43 bits per heavy atom. The van der Waals surface area contributed by atoms with E-state index in [9.17, 15) is 14.4 Å². The maximum absolute atomic E-state index is 13.3. The molecule has 2 heterocycles. The van der Waals surface area contributed by atoms with E-state index in [1.165, 1.54) is 4.90 Å². The first-order chi connectivity index (χ1) is 14.3. The molecule has 0 saturated carbocycles. The molecular formula is C21H30N6O3. The molecule has 162 valence electrons. The molecule has 1 aromatic rings. The van der Waals surface area contributed by atoms with Gasteiger partial charge in [0.05, 0.1) is 11.8 Å². The fourth-order valence-electron chi connectivity index (χ4n) is 4.69. The number of hydrogen-bond donors (Lipinski definition) is 4. The normalized spacial score (nSPS) is 27.9. The fourth-order valence-corrected chi connectivity index (χ4v) is 4.69. The van der Waals surface area contributed by atoms with Crippen LogP contribution in [0.15, 0.2) is 35.3 Å². The number of fused-ring (bicyclic) bond motifs is 1. The molecule has 0 aliphatic carbocycles. The van der Waals surface area contributed by atoms with Crippen molar-refractivity contribution in [3.05, 3.63) is 35.9 Å². The second kappa shape index (κ2) is 8.83. The van der Waals surface area contributed by atoms with Gasteiger partial charge >= 0.3 is 0 Å². The van der Waals surface area contributed by atoms with Crippen LogP contribution in [-0.2, 0) is 14.4 Å². The number of rotatable bonds is 9. The van der Waals surface area contributed by atoms with E-state index in [0.29, 0.717) is 25.9 Å². The number of amides is 3. The van der Waals surface area contributed by atoms with Crippen LogP contribution in [0.3, 0.4) is 0 Å². The second-order valence-corrected chi connectivity index (χ2v) is 7.96. The first-order valence-corrected chi connectivity index (χ1v) is 10.4. The minimum Gasteiger partial charge on any atom is -0.370 e. The number of nitrogens with two attached hydrogens (primary N) is 3. The third-order valence-electron chi connectivity index (χ3n) is 6.10. The summed E-state index contributed by atoms with van der Waals surface area (Å²) < 4.78 is 0. The van der Waals surface area contributed by atoms with Gasteiger partial charge in [-0.3, -0.25) is 29.6 Å². The Balaban J connectivity index is 2.00. The van der Waals surface area contributed by atoms with Crippen molar-refractivity contribution in [2.75, 3.05) is 13.1 Å². The van der Waals surface area contributed by atoms with Gasteiger partial charge in [-0.1, -0.05) is 43.7 Å². The lowest BCUT2D eigenvalue weighted by Crippen LogP contribution is -2.58. The number of guanidine groups is 1. The number of hydrogen-bond acceptors (Lipinski definition) is 5. The fraction of sp³-hybridized carbons (Fsp3) is 0.524. The molecule has 0 bridgehead atoms. The first kappa shape index (κ1) is 21.8. The molecule has 1 aromatic carbocycles. The molecule has 9 nitrogen and oxygen atoms in total. The monoisotopic (exact) mass is 414 g/mol. The van der Waals surface area contributed by atoms with Crippen molar-refractivity contribution < 1.29 is 14.4 Å². The topological polar surface area (TPSA) is 157 Å². The lowest BCUT2D eigenvalue weighted by atomic mass is 9.76. The van der Waals surface area contributed by atoms with E-state index in [0.717, 1.165) is 12.0 Å². The van der Waals surface area contributed by atoms with E-state index in [1.807, 2.05) is 37.3 Å². The molecule has 30 heavy (non-hydrogen) atoms. The van der Waals surface area contributed by atoms with Crippen molar-refractivity contribution in [2.24, 2.45) is 34.0 Å². The number of imide groups is 1. The van der Waals surface area contributed by atoms with Crippen molar-refractivity contribution >= 4 is 23.7 Å². The van der Waals surface area contributed by atoms with Crippen LogP contribution in [0.5, 0.6) is 0 Å². The summed E-state index contributed by atoms with van der Waals surface area (Å²) >= 11 is 0. The van der Waals surface area contributed by atoms with Gasteiger partial charge in [0.1, 0.15) is 5.54 Å². The molecule has 2 saturated heterocycles. The van der Waals surface area contributed by atoms with Crippen molar-refractivity contribution in [1.82, 2.24) is 10.2 Å². The van der Waals surface area contributed by atoms with Gasteiger partial charge in [-0.05, 0) is 24.8 Å². The van der Waals surface area contributed by atoms with Gasteiger partial charge in [-0.15, -0.1) is 0 Å². The van der Waals surface area contributed by atoms with Gasteiger partial charge in [0.2, 0.25) is 17.7 Å². The third-order valence-corrected chi connectivity index (χ3v) is 6.10. The average Bonchev–Trinajstić information content (AvgIpc) is 3.19. The Labute approximate surface area is 176 Å². The molecule has 7 N–H and O–H groups in total. The second-order valence-electron chi connectivity index (χ2n) is 7.96. The lowest BCUT2D eigenvalue weighted by molar-refractivity contribution is -0.143. The molecule has 0 aromatic heterocycles. The zero-order chi connectivity index (χ0) is 21.9. The van der Waals surface area contributed by atoms with Crippen molar-refractivity contribution in [1.29, 1.82) is 0 Å². The van der Waals surface area contributed by atoms with E-state index in [4.69, 9.17) is 17.2 Å². The standard InChI is InChI=1S/C21H30N6O3/c1-2-3-12-27-17(28)14-15(18(27)29)21(19(22)30,10-7-11-25-20(23)24)26-16(14)13-8-5-4-6-9-13/h4-6,8-9,14-16,26H,2-3,7,10-12H2,1H3,(H2,22,30)(H4,23,24,25). The molecule has 2 aliphatic heterocycles. The summed E-state index contributed by atoms with van der Waals surface area (Å²) in [6.07, 6.45) is 2.26. The van der Waals surface area contributed by atoms with Crippen LogP contribution in [0.25, 0.3) is 0 Å². The van der Waals surface area contributed by atoms with Gasteiger partial charge in [0, 0.05) is 19.1 Å². The molecule has 0 spiro atoms. The smallest absolute Gasteiger partial charge is 0.238 e. The van der Waals surface area contributed by atoms with E-state index in [-0.39, 0.29) is 24.2 Å². The number of likely N-dealkylation sites (tertiary alicyclic amines) is 1. The number of nitrogens with one attached hydrogen (secondary N) is 1. The lowest BCUT2D eigenvalue weighted by Gasteiger charge is -2.32. The summed E-state index contributed by atoms with van der Waals surface area (Å²) in [6, 6.07) is 8.91. The molecule has 9 heteroatoms. The quantitative estimate of drug-likeness (QED) is 0.193. The Morgan fingerprint density at radius 1 is 1.13 bits per heavy atom. The number of carbonyl (C=O) groups excluding carboxylic acids is 3. The summed E-state index contributed by atoms with van der Waals surface area (Å²) in [5, 5.41) is 3.29. The molecule has 3 rings (SSSR count). The van der Waals surface area contributed by atoms with Gasteiger partial charge in [-0.25, -0.2) is 0 Å². The van der Waals surface area contributed by atoms with E-state index < -0.39 is 29.3 Å². The molecule has 3 amide bonds. The highest BCUT2D eigenvalue weighted by Gasteiger charge is 2.67. The predicted molar refractivity (Wildman–Crippen MR) is 113 cm³/mol. The molecule has 0 radical (unpaired) electrons. The number of carbonyl (C=O) groups is 3. The molecule has 2 aliphatic rings. The van der Waals surface area contributed by atoms with Crippen LogP contribution < -0.4 is 22.5 Å². The summed E-state index contributed by atoms with van der Waals surface area (Å²) in [4.78, 5) is 44.6. The highest BCUT2D eigenvalue weighted by atomic mass is 16.2. The Morgan fingerprint density at radius 2 is 1.83 bits per heavy atom. The van der Waals surface area contributed by atoms with Crippen LogP contribution >= 0.6 is 0 Å². The van der Waals surface area contributed by atoms with Crippen molar-refractivity contribution in [3.63, 3.8) is 0 Å². The number of unbranched alkanes of at least 4 members (excludes halogenated alkanes) is 1. The zero-order valence-electron chi connectivity index (χ0n) is 17.2. The minimum atomic E-state index is -1.34. The third kappa shape index (κ3) is 3.77. The van der Waals surface area contributed by atoms with E-state index in [1.54, 1.807) is 0 Å². The van der Waals surface area contributed by atoms with Crippen LogP contribution in [0.4, 0.5) is 0 Å². The van der Waals surface area contributed by atoms with Crippen LogP contribution in [0, 0.1) is 11.8 Å². The number of nitrogens with zero attached hydrogens (tertiary/aromatic N) is 2. The summed E-state index contributed by atoms with van der Waals surface area (Å²) in [7, 11) is 0. The van der Waals surface area contributed by atoms with Crippen LogP contribution in [-0.4, -0.2) is 47.2 Å². The van der Waals surface area contributed by atoms with Crippen molar-refractivity contribution in [2.45, 2.75) is 44.2 Å². The van der Waals surface area contributed by atoms with Crippen molar-refractivity contribution in [3.8, 4) is 0 Å². The zero-order valence-corrected chi connectivity index (χ0v) is 17.2. The maximum atomic E-state index is 13.3. The first-order valence-electron chi connectivity index (χ1n) is 10.4. The average molecular weight is 415 g/mol. The molecule has 2 fully saturated rings. The van der Waals surface area contributed by atoms with E-state index >= 15 is 0 Å².